The van der Waals surface area contributed by atoms with E-state index in [1.807, 2.05) is 0 Å². The van der Waals surface area contributed by atoms with Gasteiger partial charge in [-0.25, -0.2) is 0 Å². The first-order valence-corrected chi connectivity index (χ1v) is 10.6. The first-order valence-electron chi connectivity index (χ1n) is 10.6. The quantitative estimate of drug-likeness (QED) is 0.702. The van der Waals surface area contributed by atoms with Gasteiger partial charge in [-0.2, -0.15) is 0 Å². The molecule has 4 heterocycles. The Kier molecular flexibility index (Phi) is 3.20. The molecule has 4 atom stereocenters. The molecule has 0 amide bonds. The van der Waals surface area contributed by atoms with Crippen LogP contribution in [0.5, 0.6) is 0 Å². The number of para-hydroxylation sites is 2. The molecule has 0 unspecified atom stereocenters. The fraction of sp³-hybridized carbons (Fsp3) is 0.500. The molecule has 4 heteroatoms. The van der Waals surface area contributed by atoms with E-state index in [1.165, 1.54) is 24.2 Å². The number of anilines is 2. The van der Waals surface area contributed by atoms with E-state index in [2.05, 4.69) is 96.3 Å². The third-order valence-electron chi connectivity index (χ3n) is 8.49. The number of hydrogen-bond acceptors (Lipinski definition) is 4. The lowest BCUT2D eigenvalue weighted by Gasteiger charge is -2.74. The molecule has 2 aromatic rings. The van der Waals surface area contributed by atoms with Crippen LogP contribution in [0.4, 0.5) is 11.4 Å². The van der Waals surface area contributed by atoms with Crippen LogP contribution in [0, 0.1) is 0 Å². The smallest absolute Gasteiger partial charge is 0.0924 e. The molecule has 4 nitrogen and oxygen atoms in total. The Bertz CT molecular complexity index is 880. The Hall–Kier alpha value is -2.04. The van der Waals surface area contributed by atoms with Gasteiger partial charge in [-0.3, -0.25) is 9.80 Å². The van der Waals surface area contributed by atoms with Crippen molar-refractivity contribution in [3.05, 3.63) is 59.7 Å². The number of nitrogens with zero attached hydrogens (tertiary/aromatic N) is 4. The fourth-order valence-corrected chi connectivity index (χ4v) is 7.73. The number of fused-ring (bicyclic) bond motifs is 2. The van der Waals surface area contributed by atoms with E-state index in [1.54, 1.807) is 11.1 Å². The van der Waals surface area contributed by atoms with Gasteiger partial charge in [-0.05, 0) is 50.2 Å². The molecule has 4 bridgehead atoms. The molecule has 2 fully saturated rings. The van der Waals surface area contributed by atoms with Crippen LogP contribution in [-0.2, 0) is 10.8 Å². The maximum Gasteiger partial charge on any atom is 0.0924 e. The molecule has 2 saturated heterocycles. The summed E-state index contributed by atoms with van der Waals surface area (Å²) in [4.78, 5) is 10.4. The number of likely N-dealkylation sites (tertiary alicyclic amines) is 2. The minimum Gasteiger partial charge on any atom is -0.358 e. The highest BCUT2D eigenvalue weighted by molar-refractivity contribution is 5.73. The molecule has 6 rings (SSSR count). The SMILES string of the molecule is CN1CC[C@]23c4ccccc4N(C)[C@H]1[C@]21CCN(C)[C@H]3N(C)c2ccccc21. The first-order chi connectivity index (χ1) is 13.5. The Balaban J connectivity index is 1.79. The summed E-state index contributed by atoms with van der Waals surface area (Å²) in [5, 5.41) is 0. The summed E-state index contributed by atoms with van der Waals surface area (Å²) >= 11 is 0. The molecule has 0 saturated carbocycles. The Labute approximate surface area is 168 Å². The van der Waals surface area contributed by atoms with E-state index in [9.17, 15) is 0 Å². The number of piperidine rings is 2. The van der Waals surface area contributed by atoms with Crippen molar-refractivity contribution >= 4 is 11.4 Å². The van der Waals surface area contributed by atoms with E-state index in [0.29, 0.717) is 12.3 Å². The monoisotopic (exact) mass is 374 g/mol. The van der Waals surface area contributed by atoms with Gasteiger partial charge in [0.2, 0.25) is 0 Å². The summed E-state index contributed by atoms with van der Waals surface area (Å²) in [5.41, 5.74) is 6.18. The molecule has 146 valence electrons. The van der Waals surface area contributed by atoms with E-state index < -0.39 is 0 Å². The number of likely N-dealkylation sites (N-methyl/N-ethyl adjacent to an activating group) is 4. The van der Waals surface area contributed by atoms with Gasteiger partial charge in [0.05, 0.1) is 12.3 Å². The Morgan fingerprint density at radius 1 is 0.643 bits per heavy atom. The zero-order valence-corrected chi connectivity index (χ0v) is 17.4. The van der Waals surface area contributed by atoms with Crippen LogP contribution in [0.1, 0.15) is 24.0 Å². The lowest BCUT2D eigenvalue weighted by Crippen LogP contribution is -2.83. The van der Waals surface area contributed by atoms with Gasteiger partial charge in [-0.15, -0.1) is 0 Å². The van der Waals surface area contributed by atoms with Gasteiger partial charge in [-0.1, -0.05) is 36.4 Å². The fourth-order valence-electron chi connectivity index (χ4n) is 7.73. The van der Waals surface area contributed by atoms with Crippen molar-refractivity contribution in [1.82, 2.24) is 9.80 Å². The van der Waals surface area contributed by atoms with Crippen molar-refractivity contribution in [3.8, 4) is 0 Å². The third-order valence-corrected chi connectivity index (χ3v) is 8.49. The highest BCUT2D eigenvalue weighted by Gasteiger charge is 2.72. The summed E-state index contributed by atoms with van der Waals surface area (Å²) < 4.78 is 0. The highest BCUT2D eigenvalue weighted by atomic mass is 15.4. The van der Waals surface area contributed by atoms with E-state index in [4.69, 9.17) is 0 Å². The summed E-state index contributed by atoms with van der Waals surface area (Å²) in [6.45, 7) is 2.29. The van der Waals surface area contributed by atoms with E-state index >= 15 is 0 Å². The van der Waals surface area contributed by atoms with Gasteiger partial charge in [0, 0.05) is 49.4 Å². The minimum absolute atomic E-state index is 0.114. The molecule has 28 heavy (non-hydrogen) atoms. The van der Waals surface area contributed by atoms with Crippen LogP contribution >= 0.6 is 0 Å². The maximum absolute atomic E-state index is 2.62. The van der Waals surface area contributed by atoms with E-state index in [0.717, 1.165) is 13.1 Å². The second-order valence-electron chi connectivity index (χ2n) is 9.41. The standard InChI is InChI=1S/C24H30N4/c1-25-15-13-24-18-10-6-7-11-19(18)27(3)21(25)23(24)14-16-26(2)22(24)28(4)20-12-8-5-9-17(20)23/h5-12,21-22H,13-16H2,1-4H3/t21-,22-,23+,24+/m0/s1. The van der Waals surface area contributed by atoms with Crippen LogP contribution in [0.25, 0.3) is 0 Å². The van der Waals surface area contributed by atoms with Gasteiger partial charge in [0.1, 0.15) is 0 Å². The van der Waals surface area contributed by atoms with Crippen LogP contribution in [-0.4, -0.2) is 63.4 Å². The number of benzene rings is 2. The second kappa shape index (κ2) is 5.31. The molecule has 0 radical (unpaired) electrons. The summed E-state index contributed by atoms with van der Waals surface area (Å²) in [7, 11) is 9.31. The van der Waals surface area contributed by atoms with Gasteiger partial charge in [0.15, 0.2) is 0 Å². The van der Waals surface area contributed by atoms with Crippen LogP contribution in [0.15, 0.2) is 48.5 Å². The molecular weight excluding hydrogens is 344 g/mol. The highest BCUT2D eigenvalue weighted by Crippen LogP contribution is 2.68. The molecule has 0 aromatic heterocycles. The summed E-state index contributed by atoms with van der Waals surface area (Å²) in [5.74, 6) is 0. The first kappa shape index (κ1) is 16.9. The van der Waals surface area contributed by atoms with Crippen molar-refractivity contribution in [2.24, 2.45) is 0 Å². The Morgan fingerprint density at radius 3 is 1.46 bits per heavy atom. The molecule has 0 N–H and O–H groups in total. The maximum atomic E-state index is 2.62. The molecule has 0 spiro atoms. The molecule has 4 aliphatic heterocycles. The zero-order valence-electron chi connectivity index (χ0n) is 17.4. The van der Waals surface area contributed by atoms with Gasteiger partial charge < -0.3 is 9.80 Å². The number of rotatable bonds is 0. The molecule has 0 aliphatic carbocycles. The van der Waals surface area contributed by atoms with Crippen molar-refractivity contribution in [2.45, 2.75) is 36.0 Å². The normalized spacial score (nSPS) is 36.6. The summed E-state index contributed by atoms with van der Waals surface area (Å²) in [6.07, 6.45) is 3.20. The topological polar surface area (TPSA) is 13.0 Å². The largest absolute Gasteiger partial charge is 0.358 e. The van der Waals surface area contributed by atoms with Crippen LogP contribution in [0.2, 0.25) is 0 Å². The lowest BCUT2D eigenvalue weighted by atomic mass is 9.44. The molecule has 2 aromatic carbocycles. The zero-order chi connectivity index (χ0) is 19.3. The predicted octanol–water partition coefficient (Wildman–Crippen LogP) is 3.09. The van der Waals surface area contributed by atoms with Crippen molar-refractivity contribution < 1.29 is 0 Å². The minimum atomic E-state index is 0.114. The van der Waals surface area contributed by atoms with Crippen LogP contribution < -0.4 is 9.80 Å². The Morgan fingerprint density at radius 2 is 1.04 bits per heavy atom. The van der Waals surface area contributed by atoms with E-state index in [-0.39, 0.29) is 10.8 Å². The second-order valence-corrected chi connectivity index (χ2v) is 9.41. The third kappa shape index (κ3) is 1.60. The number of hydrogen-bond donors (Lipinski definition) is 0. The summed E-state index contributed by atoms with van der Waals surface area (Å²) in [6, 6.07) is 18.5. The van der Waals surface area contributed by atoms with Crippen molar-refractivity contribution in [3.63, 3.8) is 0 Å². The van der Waals surface area contributed by atoms with Gasteiger partial charge >= 0.3 is 0 Å². The molecule has 4 aliphatic rings. The average molecular weight is 375 g/mol. The van der Waals surface area contributed by atoms with Crippen LogP contribution in [0.3, 0.4) is 0 Å². The molecular formula is C24H30N4. The lowest BCUT2D eigenvalue weighted by molar-refractivity contribution is -0.0871. The van der Waals surface area contributed by atoms with Crippen molar-refractivity contribution in [1.29, 1.82) is 0 Å². The average Bonchev–Trinajstić information content (AvgIpc) is 2.72. The van der Waals surface area contributed by atoms with Crippen molar-refractivity contribution in [2.75, 3.05) is 51.1 Å². The van der Waals surface area contributed by atoms with Gasteiger partial charge in [0.25, 0.3) is 0 Å². The predicted molar refractivity (Wildman–Crippen MR) is 115 cm³/mol.